The summed E-state index contributed by atoms with van der Waals surface area (Å²) in [7, 11) is 0. The lowest BCUT2D eigenvalue weighted by atomic mass is 10.0. The lowest BCUT2D eigenvalue weighted by molar-refractivity contribution is 0.0908. The van der Waals surface area contributed by atoms with E-state index in [-0.39, 0.29) is 11.9 Å². The van der Waals surface area contributed by atoms with Crippen LogP contribution in [0, 0.1) is 5.95 Å². The number of hydrogen-bond donors (Lipinski definition) is 1. The molecule has 0 spiro atoms. The number of carbonyl (C=O) groups is 1. The maximum Gasteiger partial charge on any atom is 0.251 e. The fraction of sp³-hybridized carbons (Fsp3) is 0.571. The number of rotatable bonds is 3. The van der Waals surface area contributed by atoms with E-state index in [1.54, 1.807) is 0 Å². The Morgan fingerprint density at radius 2 is 2.05 bits per heavy atom. The van der Waals surface area contributed by atoms with Crippen molar-refractivity contribution in [3.63, 3.8) is 0 Å². The van der Waals surface area contributed by atoms with Crippen LogP contribution in [-0.2, 0) is 0 Å². The average Bonchev–Trinajstić information content (AvgIpc) is 3.24. The zero-order valence-corrected chi connectivity index (χ0v) is 10.8. The number of pyridine rings is 1. The first-order chi connectivity index (χ1) is 9.22. The monoisotopic (exact) mass is 263 g/mol. The molecule has 1 amide bonds. The standard InChI is InChI=1S/C14H18FN3O/c15-13-9-10(3-6-16-13)14(19)17-11-4-7-18(8-5-11)12-1-2-12/h3,6,9,11-12H,1-2,4-5,7-8H2,(H,17,19). The summed E-state index contributed by atoms with van der Waals surface area (Å²) in [4.78, 5) is 17.9. The summed E-state index contributed by atoms with van der Waals surface area (Å²) in [5.74, 6) is -0.817. The number of halogens is 1. The van der Waals surface area contributed by atoms with Crippen molar-refractivity contribution in [1.82, 2.24) is 15.2 Å². The normalized spacial score (nSPS) is 21.3. The van der Waals surface area contributed by atoms with Crippen LogP contribution < -0.4 is 5.32 Å². The van der Waals surface area contributed by atoms with Crippen LogP contribution in [0.5, 0.6) is 0 Å². The number of hydrogen-bond acceptors (Lipinski definition) is 3. The minimum atomic E-state index is -0.615. The van der Waals surface area contributed by atoms with E-state index >= 15 is 0 Å². The molecule has 2 heterocycles. The fourth-order valence-electron chi connectivity index (χ4n) is 2.66. The summed E-state index contributed by atoms with van der Waals surface area (Å²) >= 11 is 0. The molecule has 4 nitrogen and oxygen atoms in total. The van der Waals surface area contributed by atoms with Gasteiger partial charge >= 0.3 is 0 Å². The van der Waals surface area contributed by atoms with Crippen LogP contribution in [0.2, 0.25) is 0 Å². The molecule has 3 rings (SSSR count). The topological polar surface area (TPSA) is 45.2 Å². The average molecular weight is 263 g/mol. The van der Waals surface area contributed by atoms with Crippen molar-refractivity contribution >= 4 is 5.91 Å². The lowest BCUT2D eigenvalue weighted by Crippen LogP contribution is -2.45. The minimum Gasteiger partial charge on any atom is -0.349 e. The SMILES string of the molecule is O=C(NC1CCN(C2CC2)CC1)c1ccnc(F)c1. The fourth-order valence-corrected chi connectivity index (χ4v) is 2.66. The van der Waals surface area contributed by atoms with Crippen molar-refractivity contribution < 1.29 is 9.18 Å². The molecule has 0 unspecified atom stereocenters. The van der Waals surface area contributed by atoms with Crippen LogP contribution in [0.25, 0.3) is 0 Å². The second kappa shape index (κ2) is 5.25. The molecule has 1 saturated carbocycles. The molecule has 2 fully saturated rings. The molecule has 5 heteroatoms. The molecule has 102 valence electrons. The molecule has 1 aliphatic heterocycles. The molecular weight excluding hydrogens is 245 g/mol. The molecule has 1 N–H and O–H groups in total. The van der Waals surface area contributed by atoms with Crippen molar-refractivity contribution in [2.45, 2.75) is 37.8 Å². The third kappa shape index (κ3) is 3.10. The zero-order valence-electron chi connectivity index (χ0n) is 10.8. The first-order valence-electron chi connectivity index (χ1n) is 6.89. The quantitative estimate of drug-likeness (QED) is 0.842. The minimum absolute atomic E-state index is 0.203. The number of nitrogens with zero attached hydrogens (tertiary/aromatic N) is 2. The van der Waals surface area contributed by atoms with Gasteiger partial charge in [0, 0.05) is 43.0 Å². The Hall–Kier alpha value is -1.49. The molecule has 2 aliphatic rings. The zero-order chi connectivity index (χ0) is 13.2. The van der Waals surface area contributed by atoms with E-state index in [0.717, 1.165) is 32.0 Å². The van der Waals surface area contributed by atoms with Crippen molar-refractivity contribution in [3.8, 4) is 0 Å². The van der Waals surface area contributed by atoms with Gasteiger partial charge in [0.15, 0.2) is 0 Å². The number of aromatic nitrogens is 1. The molecule has 0 bridgehead atoms. The molecule has 1 aliphatic carbocycles. The van der Waals surface area contributed by atoms with Gasteiger partial charge in [-0.25, -0.2) is 4.98 Å². The summed E-state index contributed by atoms with van der Waals surface area (Å²) in [6.07, 6.45) is 5.94. The van der Waals surface area contributed by atoms with Gasteiger partial charge in [-0.05, 0) is 31.7 Å². The number of carbonyl (C=O) groups excluding carboxylic acids is 1. The first-order valence-corrected chi connectivity index (χ1v) is 6.89. The van der Waals surface area contributed by atoms with Gasteiger partial charge in [-0.3, -0.25) is 4.79 Å². The molecule has 19 heavy (non-hydrogen) atoms. The van der Waals surface area contributed by atoms with Crippen LogP contribution in [0.15, 0.2) is 18.3 Å². The third-order valence-electron chi connectivity index (χ3n) is 3.92. The van der Waals surface area contributed by atoms with Crippen LogP contribution in [0.1, 0.15) is 36.0 Å². The Labute approximate surface area is 112 Å². The predicted molar refractivity (Wildman–Crippen MR) is 69.3 cm³/mol. The number of nitrogens with one attached hydrogen (secondary N) is 1. The Bertz CT molecular complexity index is 468. The predicted octanol–water partition coefficient (Wildman–Crippen LogP) is 1.58. The highest BCUT2D eigenvalue weighted by Gasteiger charge is 2.32. The van der Waals surface area contributed by atoms with Gasteiger partial charge < -0.3 is 10.2 Å². The number of likely N-dealkylation sites (tertiary alicyclic amines) is 1. The van der Waals surface area contributed by atoms with Gasteiger partial charge in [-0.2, -0.15) is 4.39 Å². The largest absolute Gasteiger partial charge is 0.349 e. The van der Waals surface area contributed by atoms with E-state index in [2.05, 4.69) is 15.2 Å². The van der Waals surface area contributed by atoms with E-state index in [9.17, 15) is 9.18 Å². The lowest BCUT2D eigenvalue weighted by Gasteiger charge is -2.32. The van der Waals surface area contributed by atoms with Crippen molar-refractivity contribution in [2.24, 2.45) is 0 Å². The van der Waals surface area contributed by atoms with E-state index in [1.165, 1.54) is 31.2 Å². The van der Waals surface area contributed by atoms with Gasteiger partial charge in [0.05, 0.1) is 0 Å². The van der Waals surface area contributed by atoms with Crippen molar-refractivity contribution in [1.29, 1.82) is 0 Å². The Balaban J connectivity index is 1.52. The van der Waals surface area contributed by atoms with Gasteiger partial charge in [0.2, 0.25) is 5.95 Å². The van der Waals surface area contributed by atoms with Crippen molar-refractivity contribution in [3.05, 3.63) is 29.8 Å². The Morgan fingerprint density at radius 3 is 2.68 bits per heavy atom. The van der Waals surface area contributed by atoms with E-state index in [0.29, 0.717) is 5.56 Å². The van der Waals surface area contributed by atoms with Crippen molar-refractivity contribution in [2.75, 3.05) is 13.1 Å². The van der Waals surface area contributed by atoms with Crippen LogP contribution in [0.3, 0.4) is 0 Å². The summed E-state index contributed by atoms with van der Waals surface area (Å²) in [5.41, 5.74) is 0.345. The molecule has 0 aromatic carbocycles. The maximum absolute atomic E-state index is 13.0. The molecule has 1 aromatic heterocycles. The second-order valence-electron chi connectivity index (χ2n) is 5.38. The second-order valence-corrected chi connectivity index (χ2v) is 5.38. The van der Waals surface area contributed by atoms with Crippen LogP contribution >= 0.6 is 0 Å². The van der Waals surface area contributed by atoms with Crippen LogP contribution in [0.4, 0.5) is 4.39 Å². The van der Waals surface area contributed by atoms with Gasteiger partial charge in [0.1, 0.15) is 0 Å². The summed E-state index contributed by atoms with van der Waals surface area (Å²) < 4.78 is 13.0. The molecular formula is C14H18FN3O. The van der Waals surface area contributed by atoms with E-state index in [4.69, 9.17) is 0 Å². The van der Waals surface area contributed by atoms with Crippen LogP contribution in [-0.4, -0.2) is 41.0 Å². The molecule has 0 radical (unpaired) electrons. The molecule has 1 aromatic rings. The highest BCUT2D eigenvalue weighted by molar-refractivity contribution is 5.94. The summed E-state index contributed by atoms with van der Waals surface area (Å²) in [5, 5.41) is 2.98. The van der Waals surface area contributed by atoms with Gasteiger partial charge in [0.25, 0.3) is 5.91 Å². The molecule has 1 saturated heterocycles. The Kier molecular flexibility index (Phi) is 3.46. The van der Waals surface area contributed by atoms with Gasteiger partial charge in [-0.15, -0.1) is 0 Å². The first kappa shape index (κ1) is 12.5. The number of amides is 1. The number of piperidine rings is 1. The van der Waals surface area contributed by atoms with Gasteiger partial charge in [-0.1, -0.05) is 0 Å². The Morgan fingerprint density at radius 1 is 1.32 bits per heavy atom. The smallest absolute Gasteiger partial charge is 0.251 e. The summed E-state index contributed by atoms with van der Waals surface area (Å²) in [6.45, 7) is 2.11. The van der Waals surface area contributed by atoms with E-state index in [1.807, 2.05) is 0 Å². The summed E-state index contributed by atoms with van der Waals surface area (Å²) in [6, 6.07) is 3.72. The third-order valence-corrected chi connectivity index (χ3v) is 3.92. The maximum atomic E-state index is 13.0. The highest BCUT2D eigenvalue weighted by Crippen LogP contribution is 2.29. The highest BCUT2D eigenvalue weighted by atomic mass is 19.1. The molecule has 0 atom stereocenters. The van der Waals surface area contributed by atoms with E-state index < -0.39 is 5.95 Å².